The number of fused-ring (bicyclic) bond motifs is 1. The molecule has 0 saturated heterocycles. The molecule has 0 fully saturated rings. The van der Waals surface area contributed by atoms with E-state index >= 15 is 0 Å². The van der Waals surface area contributed by atoms with Gasteiger partial charge in [-0.2, -0.15) is 0 Å². The van der Waals surface area contributed by atoms with Crippen molar-refractivity contribution in [2.75, 3.05) is 6.54 Å². The van der Waals surface area contributed by atoms with Crippen molar-refractivity contribution in [3.05, 3.63) is 35.5 Å². The normalized spacial score (nSPS) is 13.3. The summed E-state index contributed by atoms with van der Waals surface area (Å²) in [6.07, 6.45) is 1.98. The van der Waals surface area contributed by atoms with Gasteiger partial charge in [0.25, 0.3) is 0 Å². The third-order valence-corrected chi connectivity index (χ3v) is 2.95. The van der Waals surface area contributed by atoms with Gasteiger partial charge in [0.2, 0.25) is 0 Å². The SMILES string of the molecule is CC(CN)Cn1cc(Cl)c2ccccc21. The minimum atomic E-state index is 0.469. The zero-order valence-electron chi connectivity index (χ0n) is 8.78. The Labute approximate surface area is 94.6 Å². The van der Waals surface area contributed by atoms with Crippen LogP contribution in [0.2, 0.25) is 5.02 Å². The Morgan fingerprint density at radius 3 is 2.87 bits per heavy atom. The van der Waals surface area contributed by atoms with E-state index in [2.05, 4.69) is 17.6 Å². The standard InChI is InChI=1S/C12H15ClN2/c1-9(6-14)7-15-8-11(13)10-4-2-3-5-12(10)15/h2-5,8-9H,6-7,14H2,1H3. The number of nitrogens with two attached hydrogens (primary N) is 1. The van der Waals surface area contributed by atoms with Crippen molar-refractivity contribution in [1.82, 2.24) is 4.57 Å². The maximum atomic E-state index is 6.15. The topological polar surface area (TPSA) is 30.9 Å². The summed E-state index contributed by atoms with van der Waals surface area (Å²) in [6.45, 7) is 3.76. The minimum absolute atomic E-state index is 0.469. The molecule has 1 atom stereocenters. The Hall–Kier alpha value is -0.990. The van der Waals surface area contributed by atoms with Gasteiger partial charge in [0.1, 0.15) is 0 Å². The highest BCUT2D eigenvalue weighted by Crippen LogP contribution is 2.25. The summed E-state index contributed by atoms with van der Waals surface area (Å²) in [6, 6.07) is 8.17. The number of halogens is 1. The highest BCUT2D eigenvalue weighted by atomic mass is 35.5. The first-order chi connectivity index (χ1) is 7.22. The van der Waals surface area contributed by atoms with Crippen molar-refractivity contribution in [3.8, 4) is 0 Å². The molecule has 0 saturated carbocycles. The van der Waals surface area contributed by atoms with Gasteiger partial charge < -0.3 is 10.3 Å². The molecule has 3 heteroatoms. The van der Waals surface area contributed by atoms with Crippen molar-refractivity contribution in [3.63, 3.8) is 0 Å². The van der Waals surface area contributed by atoms with Gasteiger partial charge in [0.05, 0.1) is 5.02 Å². The van der Waals surface area contributed by atoms with E-state index in [9.17, 15) is 0 Å². The molecule has 1 heterocycles. The smallest absolute Gasteiger partial charge is 0.0661 e. The molecule has 0 amide bonds. The van der Waals surface area contributed by atoms with E-state index in [1.54, 1.807) is 0 Å². The number of benzene rings is 1. The monoisotopic (exact) mass is 222 g/mol. The highest BCUT2D eigenvalue weighted by molar-refractivity contribution is 6.35. The maximum absolute atomic E-state index is 6.15. The van der Waals surface area contributed by atoms with Crippen molar-refractivity contribution in [2.45, 2.75) is 13.5 Å². The van der Waals surface area contributed by atoms with Gasteiger partial charge in [-0.25, -0.2) is 0 Å². The molecule has 0 aliphatic carbocycles. The Balaban J connectivity index is 2.43. The summed E-state index contributed by atoms with van der Waals surface area (Å²) in [5, 5.41) is 1.93. The number of hydrogen-bond donors (Lipinski definition) is 1. The summed E-state index contributed by atoms with van der Waals surface area (Å²) >= 11 is 6.15. The second-order valence-corrected chi connectivity index (χ2v) is 4.39. The highest BCUT2D eigenvalue weighted by Gasteiger charge is 2.07. The zero-order chi connectivity index (χ0) is 10.8. The fraction of sp³-hybridized carbons (Fsp3) is 0.333. The molecular formula is C12H15ClN2. The van der Waals surface area contributed by atoms with E-state index in [1.165, 1.54) is 5.52 Å². The Kier molecular flexibility index (Phi) is 2.98. The number of rotatable bonds is 3. The van der Waals surface area contributed by atoms with Gasteiger partial charge >= 0.3 is 0 Å². The van der Waals surface area contributed by atoms with E-state index in [4.69, 9.17) is 17.3 Å². The molecule has 1 aromatic heterocycles. The van der Waals surface area contributed by atoms with E-state index in [0.717, 1.165) is 17.0 Å². The first kappa shape index (κ1) is 10.5. The summed E-state index contributed by atoms with van der Waals surface area (Å²) in [7, 11) is 0. The lowest BCUT2D eigenvalue weighted by atomic mass is 10.2. The van der Waals surface area contributed by atoms with Crippen molar-refractivity contribution < 1.29 is 0 Å². The first-order valence-corrected chi connectivity index (χ1v) is 5.53. The molecular weight excluding hydrogens is 208 g/mol. The van der Waals surface area contributed by atoms with E-state index < -0.39 is 0 Å². The van der Waals surface area contributed by atoms with Gasteiger partial charge in [-0.05, 0) is 18.5 Å². The fourth-order valence-corrected chi connectivity index (χ4v) is 2.04. The van der Waals surface area contributed by atoms with Crippen LogP contribution in [-0.4, -0.2) is 11.1 Å². The van der Waals surface area contributed by atoms with Crippen LogP contribution in [0.1, 0.15) is 6.92 Å². The van der Waals surface area contributed by atoms with Crippen LogP contribution in [0.25, 0.3) is 10.9 Å². The number of hydrogen-bond acceptors (Lipinski definition) is 1. The quantitative estimate of drug-likeness (QED) is 0.851. The molecule has 80 valence electrons. The predicted octanol–water partition coefficient (Wildman–Crippen LogP) is 2.89. The Morgan fingerprint density at radius 2 is 2.13 bits per heavy atom. The molecule has 2 rings (SSSR count). The molecule has 0 aliphatic rings. The molecule has 1 unspecified atom stereocenters. The predicted molar refractivity (Wildman–Crippen MR) is 65.2 cm³/mol. The third-order valence-electron chi connectivity index (χ3n) is 2.65. The average Bonchev–Trinajstić information content (AvgIpc) is 2.57. The molecule has 2 nitrogen and oxygen atoms in total. The Morgan fingerprint density at radius 1 is 1.40 bits per heavy atom. The second kappa shape index (κ2) is 4.25. The van der Waals surface area contributed by atoms with Crippen LogP contribution in [0, 0.1) is 5.92 Å². The van der Waals surface area contributed by atoms with Crippen LogP contribution in [0.4, 0.5) is 0 Å². The molecule has 0 bridgehead atoms. The van der Waals surface area contributed by atoms with Crippen LogP contribution >= 0.6 is 11.6 Å². The lowest BCUT2D eigenvalue weighted by molar-refractivity contribution is 0.502. The summed E-state index contributed by atoms with van der Waals surface area (Å²) in [5.41, 5.74) is 6.81. The largest absolute Gasteiger partial charge is 0.346 e. The molecule has 0 radical (unpaired) electrons. The summed E-state index contributed by atoms with van der Waals surface area (Å²) in [4.78, 5) is 0. The van der Waals surface area contributed by atoms with Crippen LogP contribution in [0.3, 0.4) is 0 Å². The van der Waals surface area contributed by atoms with Gasteiger partial charge in [0.15, 0.2) is 0 Å². The summed E-state index contributed by atoms with van der Waals surface area (Å²) < 4.78 is 2.18. The molecule has 0 aliphatic heterocycles. The van der Waals surface area contributed by atoms with Gasteiger partial charge in [-0.1, -0.05) is 36.7 Å². The van der Waals surface area contributed by atoms with E-state index in [0.29, 0.717) is 12.5 Å². The van der Waals surface area contributed by atoms with Crippen LogP contribution in [0.15, 0.2) is 30.5 Å². The number of aromatic nitrogens is 1. The lowest BCUT2D eigenvalue weighted by Gasteiger charge is -2.10. The molecule has 15 heavy (non-hydrogen) atoms. The van der Waals surface area contributed by atoms with Crippen LogP contribution < -0.4 is 5.73 Å². The van der Waals surface area contributed by atoms with Crippen molar-refractivity contribution in [2.24, 2.45) is 11.7 Å². The van der Waals surface area contributed by atoms with E-state index in [1.807, 2.05) is 24.4 Å². The maximum Gasteiger partial charge on any atom is 0.0661 e. The van der Waals surface area contributed by atoms with Crippen LogP contribution in [0.5, 0.6) is 0 Å². The molecule has 0 spiro atoms. The van der Waals surface area contributed by atoms with Gasteiger partial charge in [-0.3, -0.25) is 0 Å². The lowest BCUT2D eigenvalue weighted by Crippen LogP contribution is -2.16. The summed E-state index contributed by atoms with van der Waals surface area (Å²) in [5.74, 6) is 0.469. The number of para-hydroxylation sites is 1. The number of nitrogens with zero attached hydrogens (tertiary/aromatic N) is 1. The van der Waals surface area contributed by atoms with Crippen LogP contribution in [-0.2, 0) is 6.54 Å². The van der Waals surface area contributed by atoms with Crippen molar-refractivity contribution >= 4 is 22.5 Å². The molecule has 2 N–H and O–H groups in total. The second-order valence-electron chi connectivity index (χ2n) is 3.99. The zero-order valence-corrected chi connectivity index (χ0v) is 9.54. The first-order valence-electron chi connectivity index (χ1n) is 5.16. The van der Waals surface area contributed by atoms with Gasteiger partial charge in [-0.15, -0.1) is 0 Å². The molecule has 1 aromatic carbocycles. The van der Waals surface area contributed by atoms with Gasteiger partial charge in [0, 0.05) is 23.6 Å². The third kappa shape index (κ3) is 2.01. The Bertz CT molecular complexity index is 462. The van der Waals surface area contributed by atoms with Crippen molar-refractivity contribution in [1.29, 1.82) is 0 Å². The average molecular weight is 223 g/mol. The fourth-order valence-electron chi connectivity index (χ4n) is 1.76. The minimum Gasteiger partial charge on any atom is -0.346 e. The van der Waals surface area contributed by atoms with E-state index in [-0.39, 0.29) is 0 Å². The molecule has 2 aromatic rings.